The van der Waals surface area contributed by atoms with Crippen LogP contribution in [0.1, 0.15) is 11.8 Å². The second kappa shape index (κ2) is 5.66. The van der Waals surface area contributed by atoms with E-state index in [1.54, 1.807) is 15.8 Å². The highest BCUT2D eigenvalue weighted by molar-refractivity contribution is 7.89. The van der Waals surface area contributed by atoms with Crippen molar-refractivity contribution in [2.24, 2.45) is 5.73 Å². The summed E-state index contributed by atoms with van der Waals surface area (Å²) in [6, 6.07) is 1.69. The van der Waals surface area contributed by atoms with Gasteiger partial charge in [-0.3, -0.25) is 0 Å². The van der Waals surface area contributed by atoms with Crippen molar-refractivity contribution in [3.8, 4) is 0 Å². The molecule has 0 aliphatic carbocycles. The fourth-order valence-electron chi connectivity index (χ4n) is 2.04. The van der Waals surface area contributed by atoms with Gasteiger partial charge in [0.25, 0.3) is 0 Å². The Hall–Kier alpha value is -0.470. The second-order valence-electron chi connectivity index (χ2n) is 4.29. The van der Waals surface area contributed by atoms with Crippen molar-refractivity contribution in [3.05, 3.63) is 16.3 Å². The predicted molar refractivity (Wildman–Crippen MR) is 73.1 cm³/mol. The quantitative estimate of drug-likeness (QED) is 0.878. The standard InChI is InChI=1S/C11H19N3O2S2/c1-2-13-3-5-14(6-4-13)18(15,16)11-7-10(8-12)17-9-11/h7,9H,2-6,8,12H2,1H3. The van der Waals surface area contributed by atoms with Crippen LogP contribution in [0.3, 0.4) is 0 Å². The van der Waals surface area contributed by atoms with E-state index < -0.39 is 10.0 Å². The molecule has 0 unspecified atom stereocenters. The minimum absolute atomic E-state index is 0.387. The minimum Gasteiger partial charge on any atom is -0.326 e. The maximum Gasteiger partial charge on any atom is 0.243 e. The molecule has 0 radical (unpaired) electrons. The maximum absolute atomic E-state index is 12.4. The lowest BCUT2D eigenvalue weighted by Crippen LogP contribution is -2.48. The molecule has 1 fully saturated rings. The largest absolute Gasteiger partial charge is 0.326 e. The Morgan fingerprint density at radius 1 is 1.33 bits per heavy atom. The van der Waals surface area contributed by atoms with E-state index in [-0.39, 0.29) is 0 Å². The SMILES string of the molecule is CCN1CCN(S(=O)(=O)c2csc(CN)c2)CC1. The van der Waals surface area contributed by atoms with Crippen LogP contribution in [0.25, 0.3) is 0 Å². The summed E-state index contributed by atoms with van der Waals surface area (Å²) in [7, 11) is -3.32. The van der Waals surface area contributed by atoms with Gasteiger partial charge >= 0.3 is 0 Å². The molecule has 0 spiro atoms. The Labute approximate surface area is 112 Å². The van der Waals surface area contributed by atoms with E-state index in [0.29, 0.717) is 24.5 Å². The number of thiophene rings is 1. The summed E-state index contributed by atoms with van der Waals surface area (Å²) in [4.78, 5) is 3.55. The van der Waals surface area contributed by atoms with Crippen LogP contribution in [-0.4, -0.2) is 50.3 Å². The zero-order chi connectivity index (χ0) is 13.2. The first-order chi connectivity index (χ1) is 8.57. The van der Waals surface area contributed by atoms with E-state index >= 15 is 0 Å². The molecule has 1 aliphatic heterocycles. The molecule has 1 aromatic heterocycles. The van der Waals surface area contributed by atoms with Gasteiger partial charge in [0.2, 0.25) is 10.0 Å². The normalized spacial score (nSPS) is 19.2. The second-order valence-corrected chi connectivity index (χ2v) is 7.22. The van der Waals surface area contributed by atoms with Crippen molar-refractivity contribution in [1.82, 2.24) is 9.21 Å². The zero-order valence-corrected chi connectivity index (χ0v) is 12.1. The Morgan fingerprint density at radius 3 is 2.50 bits per heavy atom. The third kappa shape index (κ3) is 2.75. The van der Waals surface area contributed by atoms with Gasteiger partial charge in [-0.25, -0.2) is 8.42 Å². The molecule has 5 nitrogen and oxygen atoms in total. The Morgan fingerprint density at radius 2 is 2.00 bits per heavy atom. The van der Waals surface area contributed by atoms with Gasteiger partial charge in [-0.1, -0.05) is 6.92 Å². The van der Waals surface area contributed by atoms with Gasteiger partial charge in [0.05, 0.1) is 4.90 Å². The average Bonchev–Trinajstić information content (AvgIpc) is 2.88. The number of nitrogens with zero attached hydrogens (tertiary/aromatic N) is 2. The summed E-state index contributed by atoms with van der Waals surface area (Å²) in [5.74, 6) is 0. The van der Waals surface area contributed by atoms with Crippen LogP contribution < -0.4 is 5.73 Å². The lowest BCUT2D eigenvalue weighted by Gasteiger charge is -2.32. The molecular weight excluding hydrogens is 270 g/mol. The maximum atomic E-state index is 12.4. The number of hydrogen-bond acceptors (Lipinski definition) is 5. The topological polar surface area (TPSA) is 66.6 Å². The lowest BCUT2D eigenvalue weighted by atomic mass is 10.4. The molecule has 2 heterocycles. The molecule has 1 aromatic rings. The summed E-state index contributed by atoms with van der Waals surface area (Å²) in [5.41, 5.74) is 5.52. The van der Waals surface area contributed by atoms with Crippen molar-refractivity contribution in [3.63, 3.8) is 0 Å². The van der Waals surface area contributed by atoms with Gasteiger partial charge in [-0.05, 0) is 12.6 Å². The first-order valence-electron chi connectivity index (χ1n) is 6.08. The molecule has 1 saturated heterocycles. The monoisotopic (exact) mass is 289 g/mol. The summed E-state index contributed by atoms with van der Waals surface area (Å²) >= 11 is 1.40. The molecule has 0 amide bonds. The van der Waals surface area contributed by atoms with Crippen LogP contribution in [0.15, 0.2) is 16.3 Å². The van der Waals surface area contributed by atoms with Crippen LogP contribution in [0.4, 0.5) is 0 Å². The first kappa shape index (κ1) is 14.0. The molecule has 18 heavy (non-hydrogen) atoms. The lowest BCUT2D eigenvalue weighted by molar-refractivity contribution is 0.196. The molecule has 2 rings (SSSR count). The number of hydrogen-bond donors (Lipinski definition) is 1. The van der Waals surface area contributed by atoms with E-state index in [1.165, 1.54) is 11.3 Å². The average molecular weight is 289 g/mol. The molecule has 102 valence electrons. The van der Waals surface area contributed by atoms with Crippen molar-refractivity contribution < 1.29 is 8.42 Å². The van der Waals surface area contributed by atoms with Gasteiger partial charge in [-0.15, -0.1) is 11.3 Å². The fraction of sp³-hybridized carbons (Fsp3) is 0.636. The van der Waals surface area contributed by atoms with Gasteiger partial charge < -0.3 is 10.6 Å². The van der Waals surface area contributed by atoms with E-state index in [0.717, 1.165) is 24.5 Å². The van der Waals surface area contributed by atoms with Gasteiger partial charge in [0.1, 0.15) is 0 Å². The zero-order valence-electron chi connectivity index (χ0n) is 10.5. The van der Waals surface area contributed by atoms with Crippen molar-refractivity contribution in [2.75, 3.05) is 32.7 Å². The van der Waals surface area contributed by atoms with E-state index in [4.69, 9.17) is 5.73 Å². The third-order valence-corrected chi connectivity index (χ3v) is 6.23. The number of rotatable bonds is 4. The number of sulfonamides is 1. The highest BCUT2D eigenvalue weighted by Gasteiger charge is 2.28. The summed E-state index contributed by atoms with van der Waals surface area (Å²) < 4.78 is 26.3. The molecule has 0 saturated carbocycles. The van der Waals surface area contributed by atoms with E-state index in [2.05, 4.69) is 11.8 Å². The number of nitrogens with two attached hydrogens (primary N) is 1. The van der Waals surface area contributed by atoms with Crippen molar-refractivity contribution >= 4 is 21.4 Å². The fourth-order valence-corrected chi connectivity index (χ4v) is 4.60. The Bertz CT molecular complexity index is 490. The van der Waals surface area contributed by atoms with Gasteiger partial charge in [-0.2, -0.15) is 4.31 Å². The highest BCUT2D eigenvalue weighted by atomic mass is 32.2. The molecule has 2 N–H and O–H groups in total. The highest BCUT2D eigenvalue weighted by Crippen LogP contribution is 2.23. The Kier molecular flexibility index (Phi) is 4.39. The summed E-state index contributed by atoms with van der Waals surface area (Å²) in [5, 5.41) is 1.68. The van der Waals surface area contributed by atoms with Crippen molar-refractivity contribution in [2.45, 2.75) is 18.4 Å². The minimum atomic E-state index is -3.32. The Balaban J connectivity index is 2.12. The van der Waals surface area contributed by atoms with Crippen LogP contribution in [0, 0.1) is 0 Å². The van der Waals surface area contributed by atoms with Crippen LogP contribution >= 0.6 is 11.3 Å². The van der Waals surface area contributed by atoms with Crippen molar-refractivity contribution in [1.29, 1.82) is 0 Å². The molecule has 1 aliphatic rings. The molecule has 0 aromatic carbocycles. The molecular formula is C11H19N3O2S2. The molecule has 7 heteroatoms. The van der Waals surface area contributed by atoms with Crippen LogP contribution in [0.5, 0.6) is 0 Å². The third-order valence-electron chi connectivity index (χ3n) is 3.25. The van der Waals surface area contributed by atoms with E-state index in [9.17, 15) is 8.42 Å². The van der Waals surface area contributed by atoms with E-state index in [1.807, 2.05) is 0 Å². The smallest absolute Gasteiger partial charge is 0.243 e. The summed E-state index contributed by atoms with van der Waals surface area (Å²) in [6.45, 7) is 6.23. The summed E-state index contributed by atoms with van der Waals surface area (Å²) in [6.07, 6.45) is 0. The first-order valence-corrected chi connectivity index (χ1v) is 8.40. The molecule has 0 atom stereocenters. The molecule has 0 bridgehead atoms. The number of likely N-dealkylation sites (N-methyl/N-ethyl adjacent to an activating group) is 1. The van der Waals surface area contributed by atoms with Crippen LogP contribution in [0.2, 0.25) is 0 Å². The van der Waals surface area contributed by atoms with Gasteiger partial charge in [0, 0.05) is 43.0 Å². The number of piperazine rings is 1. The predicted octanol–water partition coefficient (Wildman–Crippen LogP) is 0.533. The van der Waals surface area contributed by atoms with Gasteiger partial charge in [0.15, 0.2) is 0 Å². The van der Waals surface area contributed by atoms with Crippen LogP contribution in [-0.2, 0) is 16.6 Å².